The van der Waals surface area contributed by atoms with Gasteiger partial charge >= 0.3 is 0 Å². The van der Waals surface area contributed by atoms with Crippen molar-refractivity contribution in [1.29, 1.82) is 0 Å². The quantitative estimate of drug-likeness (QED) is 0.327. The highest BCUT2D eigenvalue weighted by atomic mass is 16.5. The molecular formula is C22H26O3. The van der Waals surface area contributed by atoms with Crippen LogP contribution in [0.2, 0.25) is 0 Å². The maximum Gasteiger partial charge on any atom is 0.170 e. The van der Waals surface area contributed by atoms with Crippen molar-refractivity contribution in [3.8, 4) is 16.9 Å². The highest BCUT2D eigenvalue weighted by Crippen LogP contribution is 2.23. The molecule has 2 rings (SSSR count). The molecule has 0 bridgehead atoms. The van der Waals surface area contributed by atoms with Crippen LogP contribution in [0.3, 0.4) is 0 Å². The van der Waals surface area contributed by atoms with Gasteiger partial charge in [-0.25, -0.2) is 0 Å². The largest absolute Gasteiger partial charge is 0.494 e. The van der Waals surface area contributed by atoms with E-state index in [4.69, 9.17) is 4.74 Å². The molecule has 2 aromatic rings. The molecule has 0 N–H and O–H groups in total. The fraction of sp³-hybridized carbons (Fsp3) is 0.364. The SMILES string of the molecule is CCCCCCOc1ccc(-c2ccc(C(=O)CC(C)=O)cc2)cc1. The number of unbranched alkanes of at least 4 members (excludes halogenated alkanes) is 3. The van der Waals surface area contributed by atoms with Gasteiger partial charge in [0.15, 0.2) is 5.78 Å². The first-order chi connectivity index (χ1) is 12.1. The van der Waals surface area contributed by atoms with Gasteiger partial charge in [0.1, 0.15) is 11.5 Å². The van der Waals surface area contributed by atoms with Crippen LogP contribution in [-0.2, 0) is 4.79 Å². The van der Waals surface area contributed by atoms with Gasteiger partial charge in [-0.1, -0.05) is 62.6 Å². The molecule has 0 amide bonds. The van der Waals surface area contributed by atoms with Crippen LogP contribution in [0.1, 0.15) is 56.3 Å². The fourth-order valence-corrected chi connectivity index (χ4v) is 2.64. The van der Waals surface area contributed by atoms with Crippen LogP contribution in [0.5, 0.6) is 5.75 Å². The zero-order valence-corrected chi connectivity index (χ0v) is 15.1. The molecule has 0 aliphatic rings. The lowest BCUT2D eigenvalue weighted by Gasteiger charge is -2.08. The van der Waals surface area contributed by atoms with Crippen molar-refractivity contribution in [2.24, 2.45) is 0 Å². The van der Waals surface area contributed by atoms with Crippen molar-refractivity contribution in [2.45, 2.75) is 46.0 Å². The molecular weight excluding hydrogens is 312 g/mol. The highest BCUT2D eigenvalue weighted by molar-refractivity contribution is 6.07. The third-order valence-electron chi connectivity index (χ3n) is 4.07. The molecule has 0 radical (unpaired) electrons. The van der Waals surface area contributed by atoms with Crippen molar-refractivity contribution in [1.82, 2.24) is 0 Å². The lowest BCUT2D eigenvalue weighted by Crippen LogP contribution is -2.04. The molecule has 0 unspecified atom stereocenters. The summed E-state index contributed by atoms with van der Waals surface area (Å²) in [5.74, 6) is 0.638. The van der Waals surface area contributed by atoms with Crippen molar-refractivity contribution >= 4 is 11.6 Å². The first-order valence-electron chi connectivity index (χ1n) is 8.96. The Balaban J connectivity index is 1.93. The zero-order valence-electron chi connectivity index (χ0n) is 15.1. The number of carbonyl (C=O) groups excluding carboxylic acids is 2. The second kappa shape index (κ2) is 9.77. The molecule has 0 fully saturated rings. The van der Waals surface area contributed by atoms with Crippen LogP contribution in [0.25, 0.3) is 11.1 Å². The number of rotatable bonds is 10. The van der Waals surface area contributed by atoms with Crippen molar-refractivity contribution < 1.29 is 14.3 Å². The van der Waals surface area contributed by atoms with E-state index < -0.39 is 0 Å². The number of hydrogen-bond acceptors (Lipinski definition) is 3. The Hall–Kier alpha value is -2.42. The summed E-state index contributed by atoms with van der Waals surface area (Å²) in [5, 5.41) is 0. The van der Waals surface area contributed by atoms with Gasteiger partial charge in [-0.3, -0.25) is 9.59 Å². The predicted molar refractivity (Wildman–Crippen MR) is 101 cm³/mol. The van der Waals surface area contributed by atoms with Crippen molar-refractivity contribution in [2.75, 3.05) is 6.61 Å². The normalized spacial score (nSPS) is 10.5. The van der Waals surface area contributed by atoms with Gasteiger partial charge in [0, 0.05) is 5.56 Å². The number of ether oxygens (including phenoxy) is 1. The topological polar surface area (TPSA) is 43.4 Å². The lowest BCUT2D eigenvalue weighted by atomic mass is 10.0. The number of ketones is 2. The number of benzene rings is 2. The Morgan fingerprint density at radius 3 is 2.00 bits per heavy atom. The Morgan fingerprint density at radius 1 is 0.840 bits per heavy atom. The number of hydrogen-bond donors (Lipinski definition) is 0. The molecule has 132 valence electrons. The van der Waals surface area contributed by atoms with Gasteiger partial charge < -0.3 is 4.74 Å². The Kier molecular flexibility index (Phi) is 7.39. The van der Waals surface area contributed by atoms with Crippen LogP contribution in [0, 0.1) is 0 Å². The third-order valence-corrected chi connectivity index (χ3v) is 4.07. The summed E-state index contributed by atoms with van der Waals surface area (Å²) in [6.07, 6.45) is 4.75. The van der Waals surface area contributed by atoms with E-state index in [0.29, 0.717) is 5.56 Å². The minimum atomic E-state index is -0.133. The van der Waals surface area contributed by atoms with E-state index in [0.717, 1.165) is 29.9 Å². The minimum Gasteiger partial charge on any atom is -0.494 e. The molecule has 0 heterocycles. The monoisotopic (exact) mass is 338 g/mol. The Morgan fingerprint density at radius 2 is 1.44 bits per heavy atom. The molecule has 25 heavy (non-hydrogen) atoms. The Labute approximate surface area is 150 Å². The van der Waals surface area contributed by atoms with Crippen LogP contribution in [-0.4, -0.2) is 18.2 Å². The molecule has 0 aliphatic carbocycles. The van der Waals surface area contributed by atoms with E-state index in [2.05, 4.69) is 6.92 Å². The van der Waals surface area contributed by atoms with E-state index in [1.807, 2.05) is 36.4 Å². The van der Waals surface area contributed by atoms with E-state index in [9.17, 15) is 9.59 Å². The maximum atomic E-state index is 11.9. The average molecular weight is 338 g/mol. The molecule has 0 atom stereocenters. The smallest absolute Gasteiger partial charge is 0.170 e. The molecule has 0 aliphatic heterocycles. The predicted octanol–water partition coefficient (Wildman–Crippen LogP) is 5.47. The van der Waals surface area contributed by atoms with Crippen molar-refractivity contribution in [3.05, 3.63) is 54.1 Å². The summed E-state index contributed by atoms with van der Waals surface area (Å²) in [4.78, 5) is 22.9. The molecule has 3 heteroatoms. The van der Waals surface area contributed by atoms with E-state index in [1.165, 1.54) is 26.2 Å². The fourth-order valence-electron chi connectivity index (χ4n) is 2.64. The molecule has 0 saturated heterocycles. The first kappa shape index (κ1) is 18.9. The third kappa shape index (κ3) is 6.18. The molecule has 0 saturated carbocycles. The second-order valence-electron chi connectivity index (χ2n) is 6.31. The summed E-state index contributed by atoms with van der Waals surface area (Å²) >= 11 is 0. The van der Waals surface area contributed by atoms with Gasteiger partial charge in [-0.15, -0.1) is 0 Å². The summed E-state index contributed by atoms with van der Waals surface area (Å²) in [6, 6.07) is 15.4. The van der Waals surface area contributed by atoms with E-state index in [1.54, 1.807) is 12.1 Å². The van der Waals surface area contributed by atoms with Crippen LogP contribution in [0.15, 0.2) is 48.5 Å². The van der Waals surface area contributed by atoms with Gasteiger partial charge in [-0.05, 0) is 36.6 Å². The van der Waals surface area contributed by atoms with Gasteiger partial charge in [0.25, 0.3) is 0 Å². The first-order valence-corrected chi connectivity index (χ1v) is 8.96. The summed E-state index contributed by atoms with van der Waals surface area (Å²) in [7, 11) is 0. The van der Waals surface area contributed by atoms with Crippen LogP contribution >= 0.6 is 0 Å². The maximum absolute atomic E-state index is 11.9. The van der Waals surface area contributed by atoms with Crippen molar-refractivity contribution in [3.63, 3.8) is 0 Å². The van der Waals surface area contributed by atoms with Crippen LogP contribution in [0.4, 0.5) is 0 Å². The molecule has 0 spiro atoms. The zero-order chi connectivity index (χ0) is 18.1. The summed E-state index contributed by atoms with van der Waals surface area (Å²) in [5.41, 5.74) is 2.68. The molecule has 0 aromatic heterocycles. The van der Waals surface area contributed by atoms with Crippen LogP contribution < -0.4 is 4.74 Å². The average Bonchev–Trinajstić information content (AvgIpc) is 2.62. The van der Waals surface area contributed by atoms with Gasteiger partial charge in [-0.2, -0.15) is 0 Å². The van der Waals surface area contributed by atoms with E-state index in [-0.39, 0.29) is 18.0 Å². The van der Waals surface area contributed by atoms with Gasteiger partial charge in [0.2, 0.25) is 0 Å². The van der Waals surface area contributed by atoms with Gasteiger partial charge in [0.05, 0.1) is 13.0 Å². The van der Waals surface area contributed by atoms with E-state index >= 15 is 0 Å². The number of carbonyl (C=O) groups is 2. The minimum absolute atomic E-state index is 0.0381. The molecule has 2 aromatic carbocycles. The highest BCUT2D eigenvalue weighted by Gasteiger charge is 2.08. The standard InChI is InChI=1S/C22H26O3/c1-3-4-5-6-15-25-21-13-11-19(12-14-21)18-7-9-20(10-8-18)22(24)16-17(2)23/h7-14H,3-6,15-16H2,1-2H3. The summed E-state index contributed by atoms with van der Waals surface area (Å²) < 4.78 is 5.75. The molecule has 3 nitrogen and oxygen atoms in total. The summed E-state index contributed by atoms with van der Waals surface area (Å²) in [6.45, 7) is 4.39. The number of Topliss-reactive ketones (excluding diaryl/α,β-unsaturated/α-hetero) is 2. The Bertz CT molecular complexity index is 684. The lowest BCUT2D eigenvalue weighted by molar-refractivity contribution is -0.116. The second-order valence-corrected chi connectivity index (χ2v) is 6.31.